The molecule has 0 heterocycles. The summed E-state index contributed by atoms with van der Waals surface area (Å²) in [5.74, 6) is 0. The Hall–Kier alpha value is 0.1000. The smallest absolute Gasteiger partial charge is 0.0333 e. The van der Waals surface area contributed by atoms with Crippen molar-refractivity contribution in [1.29, 1.82) is 0 Å². The first-order valence-corrected chi connectivity index (χ1v) is 8.40. The number of fused-ring (bicyclic) bond motifs is 2. The zero-order chi connectivity index (χ0) is 12.9. The number of hydrogen-bond acceptors (Lipinski definition) is 0. The van der Waals surface area contributed by atoms with Crippen LogP contribution in [-0.4, -0.2) is 0 Å². The quantitative estimate of drug-likeness (QED) is 0.295. The zero-order valence-corrected chi connectivity index (χ0v) is 15.3. The maximum Gasteiger partial charge on any atom is 0.0333 e. The van der Waals surface area contributed by atoms with Crippen LogP contribution in [0.5, 0.6) is 0 Å². The normalized spacial score (nSPS) is 11.3. The molecule has 0 bridgehead atoms. The van der Waals surface area contributed by atoms with Crippen molar-refractivity contribution < 1.29 is 0 Å². The van der Waals surface area contributed by atoms with Crippen molar-refractivity contribution >= 4 is 85.3 Å². The van der Waals surface area contributed by atoms with Gasteiger partial charge in [0.1, 0.15) is 0 Å². The third-order valence-corrected chi connectivity index (χ3v) is 5.60. The molecular formula is C14H6Br4. The molecule has 0 aliphatic heterocycles. The van der Waals surface area contributed by atoms with Crippen LogP contribution >= 0.6 is 63.7 Å². The van der Waals surface area contributed by atoms with E-state index in [4.69, 9.17) is 0 Å². The Morgan fingerprint density at radius 2 is 0.889 bits per heavy atom. The second kappa shape index (κ2) is 4.89. The van der Waals surface area contributed by atoms with Gasteiger partial charge >= 0.3 is 0 Å². The predicted octanol–water partition coefficient (Wildman–Crippen LogP) is 7.04. The van der Waals surface area contributed by atoms with Gasteiger partial charge in [-0.2, -0.15) is 0 Å². The summed E-state index contributed by atoms with van der Waals surface area (Å²) in [6.45, 7) is 0. The van der Waals surface area contributed by atoms with Crippen molar-refractivity contribution in [2.24, 2.45) is 0 Å². The van der Waals surface area contributed by atoms with E-state index in [9.17, 15) is 0 Å². The average Bonchev–Trinajstić information content (AvgIpc) is 2.35. The number of halogens is 4. The van der Waals surface area contributed by atoms with Crippen LogP contribution in [0.1, 0.15) is 0 Å². The van der Waals surface area contributed by atoms with Crippen LogP contribution in [0.2, 0.25) is 0 Å². The first-order chi connectivity index (χ1) is 8.58. The molecule has 0 aliphatic rings. The lowest BCUT2D eigenvalue weighted by molar-refractivity contribution is 1.66. The van der Waals surface area contributed by atoms with Crippen LogP contribution in [0.15, 0.2) is 54.3 Å². The second-order valence-electron chi connectivity index (χ2n) is 4.01. The van der Waals surface area contributed by atoms with Crippen LogP contribution in [0.25, 0.3) is 21.5 Å². The lowest BCUT2D eigenvalue weighted by atomic mass is 10.0. The van der Waals surface area contributed by atoms with Crippen molar-refractivity contribution in [3.05, 3.63) is 54.3 Å². The fraction of sp³-hybridized carbons (Fsp3) is 0. The first kappa shape index (κ1) is 13.1. The van der Waals surface area contributed by atoms with Crippen LogP contribution in [0.3, 0.4) is 0 Å². The van der Waals surface area contributed by atoms with Gasteiger partial charge in [-0.3, -0.25) is 0 Å². The van der Waals surface area contributed by atoms with Gasteiger partial charge in [-0.25, -0.2) is 0 Å². The van der Waals surface area contributed by atoms with Crippen molar-refractivity contribution in [2.45, 2.75) is 0 Å². The molecule has 3 rings (SSSR count). The molecule has 3 aromatic carbocycles. The summed E-state index contributed by atoms with van der Waals surface area (Å²) in [5.41, 5.74) is 0. The molecule has 0 saturated heterocycles. The molecule has 0 aliphatic carbocycles. The summed E-state index contributed by atoms with van der Waals surface area (Å²) >= 11 is 14.5. The van der Waals surface area contributed by atoms with Gasteiger partial charge < -0.3 is 0 Å². The summed E-state index contributed by atoms with van der Waals surface area (Å²) in [4.78, 5) is 0. The molecule has 0 fully saturated rings. The van der Waals surface area contributed by atoms with Crippen LogP contribution in [0, 0.1) is 0 Å². The highest BCUT2D eigenvalue weighted by atomic mass is 79.9. The van der Waals surface area contributed by atoms with Crippen molar-refractivity contribution in [1.82, 2.24) is 0 Å². The van der Waals surface area contributed by atoms with Crippen LogP contribution < -0.4 is 0 Å². The fourth-order valence-electron chi connectivity index (χ4n) is 2.07. The SMILES string of the molecule is Brc1ccc2c(Br)c3ccc(Br)cc3c(Br)c2c1. The van der Waals surface area contributed by atoms with E-state index >= 15 is 0 Å². The Labute approximate surface area is 138 Å². The largest absolute Gasteiger partial charge is 0.0521 e. The number of hydrogen-bond donors (Lipinski definition) is 0. The highest BCUT2D eigenvalue weighted by Gasteiger charge is 2.11. The van der Waals surface area contributed by atoms with Crippen molar-refractivity contribution in [3.8, 4) is 0 Å². The topological polar surface area (TPSA) is 0 Å². The summed E-state index contributed by atoms with van der Waals surface area (Å²) < 4.78 is 4.42. The van der Waals surface area contributed by atoms with E-state index in [0.29, 0.717) is 0 Å². The highest BCUT2D eigenvalue weighted by Crippen LogP contribution is 2.41. The molecular weight excluding hydrogens is 488 g/mol. The Bertz CT molecular complexity index is 715. The molecule has 90 valence electrons. The van der Waals surface area contributed by atoms with Gasteiger partial charge in [0, 0.05) is 17.9 Å². The molecule has 4 heteroatoms. The van der Waals surface area contributed by atoms with E-state index in [1.54, 1.807) is 0 Å². The summed E-state index contributed by atoms with van der Waals surface area (Å²) in [7, 11) is 0. The molecule has 0 amide bonds. The second-order valence-corrected chi connectivity index (χ2v) is 7.43. The number of rotatable bonds is 0. The van der Waals surface area contributed by atoms with Crippen LogP contribution in [-0.2, 0) is 0 Å². The van der Waals surface area contributed by atoms with E-state index < -0.39 is 0 Å². The molecule has 0 spiro atoms. The van der Waals surface area contributed by atoms with Gasteiger partial charge in [0.15, 0.2) is 0 Å². The first-order valence-electron chi connectivity index (χ1n) is 5.23. The molecule has 0 saturated carbocycles. The maximum absolute atomic E-state index is 3.72. The van der Waals surface area contributed by atoms with E-state index in [1.807, 2.05) is 0 Å². The molecule has 0 atom stereocenters. The van der Waals surface area contributed by atoms with Gasteiger partial charge in [0.2, 0.25) is 0 Å². The van der Waals surface area contributed by atoms with E-state index in [2.05, 4.69) is 100 Å². The molecule has 0 unspecified atom stereocenters. The summed E-state index contributed by atoms with van der Waals surface area (Å²) in [6, 6.07) is 12.6. The van der Waals surface area contributed by atoms with Gasteiger partial charge in [-0.15, -0.1) is 0 Å². The molecule has 0 N–H and O–H groups in total. The maximum atomic E-state index is 3.72. The van der Waals surface area contributed by atoms with Gasteiger partial charge in [0.05, 0.1) is 0 Å². The predicted molar refractivity (Wildman–Crippen MR) is 92.3 cm³/mol. The van der Waals surface area contributed by atoms with Gasteiger partial charge in [0.25, 0.3) is 0 Å². The lowest BCUT2D eigenvalue weighted by Crippen LogP contribution is -1.83. The van der Waals surface area contributed by atoms with E-state index in [1.165, 1.54) is 21.5 Å². The minimum Gasteiger partial charge on any atom is -0.0521 e. The average molecular weight is 494 g/mol. The minimum absolute atomic E-state index is 1.08. The number of benzene rings is 3. The van der Waals surface area contributed by atoms with Crippen LogP contribution in [0.4, 0.5) is 0 Å². The van der Waals surface area contributed by atoms with Gasteiger partial charge in [-0.1, -0.05) is 44.0 Å². The Morgan fingerprint density at radius 3 is 1.33 bits per heavy atom. The molecule has 3 aromatic rings. The van der Waals surface area contributed by atoms with Gasteiger partial charge in [-0.05, 0) is 77.7 Å². The highest BCUT2D eigenvalue weighted by molar-refractivity contribution is 9.11. The molecule has 0 nitrogen and oxygen atoms in total. The zero-order valence-electron chi connectivity index (χ0n) is 8.98. The van der Waals surface area contributed by atoms with E-state index in [0.717, 1.165) is 17.9 Å². The standard InChI is InChI=1S/C14H6Br4/c15-7-1-3-9-11(5-7)14(18)12-6-8(16)2-4-10(12)13(9)17/h1-6H. The third kappa shape index (κ3) is 2.07. The molecule has 0 aromatic heterocycles. The van der Waals surface area contributed by atoms with E-state index in [-0.39, 0.29) is 0 Å². The molecule has 0 radical (unpaired) electrons. The summed E-state index contributed by atoms with van der Waals surface area (Å²) in [5, 5.41) is 4.81. The fourth-order valence-corrected chi connectivity index (χ4v) is 4.14. The molecule has 18 heavy (non-hydrogen) atoms. The summed E-state index contributed by atoms with van der Waals surface area (Å²) in [6.07, 6.45) is 0. The monoisotopic (exact) mass is 490 g/mol. The van der Waals surface area contributed by atoms with Crippen molar-refractivity contribution in [2.75, 3.05) is 0 Å². The lowest BCUT2D eigenvalue weighted by Gasteiger charge is -2.10. The minimum atomic E-state index is 1.08. The Kier molecular flexibility index (Phi) is 3.56. The van der Waals surface area contributed by atoms with Crippen molar-refractivity contribution in [3.63, 3.8) is 0 Å². The Morgan fingerprint density at radius 1 is 0.500 bits per heavy atom. The Balaban J connectivity index is 2.61. The third-order valence-electron chi connectivity index (χ3n) is 2.91.